The maximum atomic E-state index is 12.2. The first-order valence-corrected chi connectivity index (χ1v) is 8.93. The molecule has 1 aliphatic rings. The molecule has 3 rings (SSSR count). The second-order valence-corrected chi connectivity index (χ2v) is 6.82. The number of likely N-dealkylation sites (tertiary alicyclic amines) is 1. The predicted octanol–water partition coefficient (Wildman–Crippen LogP) is 3.83. The lowest BCUT2D eigenvalue weighted by atomic mass is 10.0. The zero-order chi connectivity index (χ0) is 17.6. The third kappa shape index (κ3) is 4.94. The Bertz CT molecular complexity index is 715. The number of urea groups is 1. The lowest BCUT2D eigenvalue weighted by Gasteiger charge is -2.32. The molecule has 1 aromatic heterocycles. The molecule has 0 saturated carbocycles. The first-order chi connectivity index (χ1) is 12.1. The van der Waals surface area contributed by atoms with E-state index in [9.17, 15) is 4.79 Å². The first-order valence-electron chi connectivity index (χ1n) is 8.55. The zero-order valence-corrected chi connectivity index (χ0v) is 15.1. The number of hydrogen-bond acceptors (Lipinski definition) is 3. The number of aromatic nitrogens is 1. The average Bonchev–Trinajstić information content (AvgIpc) is 2.62. The van der Waals surface area contributed by atoms with E-state index in [1.807, 2.05) is 49.6 Å². The van der Waals surface area contributed by atoms with Crippen LogP contribution in [-0.2, 0) is 6.54 Å². The Labute approximate surface area is 153 Å². The summed E-state index contributed by atoms with van der Waals surface area (Å²) >= 11 is 6.09. The van der Waals surface area contributed by atoms with Gasteiger partial charge in [-0.15, -0.1) is 0 Å². The fourth-order valence-electron chi connectivity index (χ4n) is 3.07. The van der Waals surface area contributed by atoms with E-state index in [1.165, 1.54) is 5.56 Å². The van der Waals surface area contributed by atoms with Gasteiger partial charge in [-0.25, -0.2) is 4.79 Å². The van der Waals surface area contributed by atoms with Crippen LogP contribution in [0.4, 0.5) is 10.5 Å². The van der Waals surface area contributed by atoms with E-state index in [0.29, 0.717) is 5.02 Å². The Morgan fingerprint density at radius 1 is 1.24 bits per heavy atom. The fourth-order valence-corrected chi connectivity index (χ4v) is 3.24. The van der Waals surface area contributed by atoms with Gasteiger partial charge in [-0.05, 0) is 55.2 Å². The number of halogens is 1. The molecule has 2 N–H and O–H groups in total. The molecule has 6 heteroatoms. The van der Waals surface area contributed by atoms with Gasteiger partial charge in [0.15, 0.2) is 0 Å². The van der Waals surface area contributed by atoms with Gasteiger partial charge in [0.25, 0.3) is 0 Å². The lowest BCUT2D eigenvalue weighted by molar-refractivity contribution is 0.190. The topological polar surface area (TPSA) is 57.3 Å². The highest BCUT2D eigenvalue weighted by atomic mass is 35.5. The number of pyridine rings is 1. The number of nitrogens with one attached hydrogen (secondary N) is 2. The van der Waals surface area contributed by atoms with E-state index in [-0.39, 0.29) is 12.1 Å². The van der Waals surface area contributed by atoms with Crippen molar-refractivity contribution < 1.29 is 4.79 Å². The molecule has 5 nitrogen and oxygen atoms in total. The predicted molar refractivity (Wildman–Crippen MR) is 101 cm³/mol. The molecule has 1 saturated heterocycles. The second kappa shape index (κ2) is 8.32. The van der Waals surface area contributed by atoms with Crippen LogP contribution in [0.15, 0.2) is 42.7 Å². The van der Waals surface area contributed by atoms with Crippen molar-refractivity contribution in [1.82, 2.24) is 15.2 Å². The summed E-state index contributed by atoms with van der Waals surface area (Å²) in [4.78, 5) is 18.7. The number of amides is 2. The van der Waals surface area contributed by atoms with Crippen LogP contribution >= 0.6 is 11.6 Å². The number of carbonyl (C=O) groups is 1. The van der Waals surface area contributed by atoms with Gasteiger partial charge in [0.05, 0.1) is 0 Å². The maximum absolute atomic E-state index is 12.2. The van der Waals surface area contributed by atoms with Gasteiger partial charge in [-0.3, -0.25) is 9.88 Å². The minimum Gasteiger partial charge on any atom is -0.335 e. The highest BCUT2D eigenvalue weighted by molar-refractivity contribution is 6.31. The van der Waals surface area contributed by atoms with Gasteiger partial charge < -0.3 is 10.6 Å². The highest BCUT2D eigenvalue weighted by Gasteiger charge is 2.21. The summed E-state index contributed by atoms with van der Waals surface area (Å²) in [6, 6.07) is 9.64. The van der Waals surface area contributed by atoms with Crippen LogP contribution in [0.3, 0.4) is 0 Å². The largest absolute Gasteiger partial charge is 0.335 e. The summed E-state index contributed by atoms with van der Waals surface area (Å²) in [5.41, 5.74) is 2.90. The molecule has 1 fully saturated rings. The number of nitrogens with zero attached hydrogens (tertiary/aromatic N) is 2. The number of hydrogen-bond donors (Lipinski definition) is 2. The van der Waals surface area contributed by atoms with Crippen LogP contribution in [0.1, 0.15) is 24.0 Å². The van der Waals surface area contributed by atoms with E-state index in [0.717, 1.165) is 43.7 Å². The molecule has 2 heterocycles. The molecule has 1 aliphatic heterocycles. The minimum atomic E-state index is -0.169. The van der Waals surface area contributed by atoms with Crippen LogP contribution in [-0.4, -0.2) is 35.0 Å². The van der Waals surface area contributed by atoms with Crippen LogP contribution in [0.5, 0.6) is 0 Å². The molecule has 0 unspecified atom stereocenters. The Kier molecular flexibility index (Phi) is 5.89. The lowest BCUT2D eigenvalue weighted by Crippen LogP contribution is -2.45. The summed E-state index contributed by atoms with van der Waals surface area (Å²) in [6.07, 6.45) is 5.55. The summed E-state index contributed by atoms with van der Waals surface area (Å²) in [6.45, 7) is 4.78. The molecule has 132 valence electrons. The third-order valence-electron chi connectivity index (χ3n) is 4.59. The van der Waals surface area contributed by atoms with Gasteiger partial charge in [-0.1, -0.05) is 17.7 Å². The summed E-state index contributed by atoms with van der Waals surface area (Å²) in [5, 5.41) is 6.62. The monoisotopic (exact) mass is 358 g/mol. The minimum absolute atomic E-state index is 0.169. The number of piperidine rings is 1. The Morgan fingerprint density at radius 3 is 2.68 bits per heavy atom. The quantitative estimate of drug-likeness (QED) is 0.873. The first kappa shape index (κ1) is 17.7. The summed E-state index contributed by atoms with van der Waals surface area (Å²) in [5.74, 6) is 0. The number of benzene rings is 1. The van der Waals surface area contributed by atoms with E-state index in [1.54, 1.807) is 0 Å². The van der Waals surface area contributed by atoms with E-state index >= 15 is 0 Å². The van der Waals surface area contributed by atoms with Crippen LogP contribution in [0.25, 0.3) is 0 Å². The molecular weight excluding hydrogens is 336 g/mol. The van der Waals surface area contributed by atoms with Crippen LogP contribution < -0.4 is 10.6 Å². The Hall–Kier alpha value is -2.11. The highest BCUT2D eigenvalue weighted by Crippen LogP contribution is 2.23. The van der Waals surface area contributed by atoms with Crippen LogP contribution in [0, 0.1) is 6.92 Å². The Morgan fingerprint density at radius 2 is 1.96 bits per heavy atom. The molecule has 0 bridgehead atoms. The molecule has 2 amide bonds. The molecule has 25 heavy (non-hydrogen) atoms. The summed E-state index contributed by atoms with van der Waals surface area (Å²) in [7, 11) is 0. The Balaban J connectivity index is 1.45. The molecule has 0 radical (unpaired) electrons. The number of carbonyl (C=O) groups excluding carboxylic acids is 1. The van der Waals surface area contributed by atoms with E-state index in [2.05, 4.69) is 20.5 Å². The zero-order valence-electron chi connectivity index (χ0n) is 14.3. The van der Waals surface area contributed by atoms with E-state index < -0.39 is 0 Å². The average molecular weight is 359 g/mol. The van der Waals surface area contributed by atoms with Gasteiger partial charge in [-0.2, -0.15) is 0 Å². The second-order valence-electron chi connectivity index (χ2n) is 6.42. The number of rotatable bonds is 4. The standard InChI is InChI=1S/C19H23ClN4O/c1-14-17(20)3-2-4-18(14)23-19(25)22-16-7-11-24(12-8-16)13-15-5-9-21-10-6-15/h2-6,9-10,16H,7-8,11-13H2,1H3,(H2,22,23,25). The summed E-state index contributed by atoms with van der Waals surface area (Å²) < 4.78 is 0. The number of anilines is 1. The van der Waals surface area contributed by atoms with Crippen molar-refractivity contribution in [2.45, 2.75) is 32.4 Å². The normalized spacial score (nSPS) is 15.8. The maximum Gasteiger partial charge on any atom is 0.319 e. The molecule has 2 aromatic rings. The molecule has 0 aliphatic carbocycles. The van der Waals surface area contributed by atoms with Crippen LogP contribution in [0.2, 0.25) is 5.02 Å². The van der Waals surface area contributed by atoms with Gasteiger partial charge in [0.2, 0.25) is 0 Å². The van der Waals surface area contributed by atoms with Crippen molar-refractivity contribution in [2.75, 3.05) is 18.4 Å². The molecule has 0 atom stereocenters. The smallest absolute Gasteiger partial charge is 0.319 e. The van der Waals surface area contributed by atoms with Crippen molar-refractivity contribution in [3.8, 4) is 0 Å². The van der Waals surface area contributed by atoms with Gasteiger partial charge in [0, 0.05) is 48.8 Å². The fraction of sp³-hybridized carbons (Fsp3) is 0.368. The van der Waals surface area contributed by atoms with Crippen molar-refractivity contribution >= 4 is 23.3 Å². The third-order valence-corrected chi connectivity index (χ3v) is 5.00. The van der Waals surface area contributed by atoms with Crippen molar-refractivity contribution in [1.29, 1.82) is 0 Å². The molecule has 1 aromatic carbocycles. The van der Waals surface area contributed by atoms with E-state index in [4.69, 9.17) is 11.6 Å². The van der Waals surface area contributed by atoms with Gasteiger partial charge >= 0.3 is 6.03 Å². The van der Waals surface area contributed by atoms with Crippen molar-refractivity contribution in [3.63, 3.8) is 0 Å². The molecular formula is C19H23ClN4O. The van der Waals surface area contributed by atoms with Crippen molar-refractivity contribution in [2.24, 2.45) is 0 Å². The van der Waals surface area contributed by atoms with Crippen molar-refractivity contribution in [3.05, 3.63) is 58.9 Å². The molecule has 0 spiro atoms. The SMILES string of the molecule is Cc1c(Cl)cccc1NC(=O)NC1CCN(Cc2ccncc2)CC1. The van der Waals surface area contributed by atoms with Gasteiger partial charge in [0.1, 0.15) is 0 Å².